The van der Waals surface area contributed by atoms with E-state index in [4.69, 9.17) is 15.3 Å². The van der Waals surface area contributed by atoms with Crippen LogP contribution in [0.1, 0.15) is 6.42 Å². The fraction of sp³-hybridized carbons (Fsp3) is 0.250. The summed E-state index contributed by atoms with van der Waals surface area (Å²) in [5.74, 6) is 0. The van der Waals surface area contributed by atoms with Crippen LogP contribution < -0.4 is 0 Å². The van der Waals surface area contributed by atoms with E-state index >= 15 is 0 Å². The fourth-order valence-corrected chi connectivity index (χ4v) is 0.193. The van der Waals surface area contributed by atoms with E-state index in [-0.39, 0.29) is 11.9 Å². The molecule has 0 aliphatic carbocycles. The zero-order valence-corrected chi connectivity index (χ0v) is 4.33. The highest BCUT2D eigenvalue weighted by Crippen LogP contribution is 1.95. The van der Waals surface area contributed by atoms with Gasteiger partial charge in [0.2, 0.25) is 0 Å². The van der Waals surface area contributed by atoms with Gasteiger partial charge >= 0.3 is 7.12 Å². The Morgan fingerprint density at radius 3 is 2.38 bits per heavy atom. The molecule has 0 heterocycles. The van der Waals surface area contributed by atoms with Crippen LogP contribution in [0.25, 0.3) is 0 Å². The van der Waals surface area contributed by atoms with Crippen LogP contribution in [0.15, 0.2) is 12.1 Å². The molecule has 42 valence electrons. The predicted octanol–water partition coefficient (Wildman–Crippen LogP) is -0.532. The molecule has 0 amide bonds. The molecule has 8 heavy (non-hydrogen) atoms. The van der Waals surface area contributed by atoms with Gasteiger partial charge in [0.1, 0.15) is 0 Å². The molecule has 0 aliphatic rings. The lowest BCUT2D eigenvalue weighted by Crippen LogP contribution is -2.13. The second kappa shape index (κ2) is 3.25. The van der Waals surface area contributed by atoms with Crippen molar-refractivity contribution in [3.05, 3.63) is 12.1 Å². The van der Waals surface area contributed by atoms with Gasteiger partial charge in [-0.05, 0) is 5.47 Å². The minimum absolute atomic E-state index is 0.00231. The van der Waals surface area contributed by atoms with E-state index in [9.17, 15) is 0 Å². The summed E-state index contributed by atoms with van der Waals surface area (Å²) in [6.45, 7) is 3.22. The lowest BCUT2D eigenvalue weighted by molar-refractivity contribution is 0.418. The van der Waals surface area contributed by atoms with E-state index in [1.807, 2.05) is 0 Å². The first-order valence-electron chi connectivity index (χ1n) is 2.09. The van der Waals surface area contributed by atoms with Gasteiger partial charge in [-0.15, -0.1) is 6.58 Å². The Morgan fingerprint density at radius 1 is 1.75 bits per heavy atom. The fourth-order valence-electron chi connectivity index (χ4n) is 0.193. The molecule has 0 rings (SSSR count). The van der Waals surface area contributed by atoms with Crippen molar-refractivity contribution in [3.8, 4) is 6.07 Å². The van der Waals surface area contributed by atoms with Gasteiger partial charge < -0.3 is 10.0 Å². The molecular formula is C4H6BNO2. The quantitative estimate of drug-likeness (QED) is 0.470. The van der Waals surface area contributed by atoms with Crippen molar-refractivity contribution in [2.24, 2.45) is 0 Å². The van der Waals surface area contributed by atoms with Crippen molar-refractivity contribution in [2.45, 2.75) is 6.42 Å². The average molecular weight is 111 g/mol. The van der Waals surface area contributed by atoms with Gasteiger partial charge in [0, 0.05) is 0 Å². The van der Waals surface area contributed by atoms with Crippen molar-refractivity contribution >= 4 is 7.12 Å². The third-order valence-corrected chi connectivity index (χ3v) is 0.671. The van der Waals surface area contributed by atoms with Crippen molar-refractivity contribution in [3.63, 3.8) is 0 Å². The number of hydrogen-bond acceptors (Lipinski definition) is 3. The van der Waals surface area contributed by atoms with Gasteiger partial charge in [0.25, 0.3) is 0 Å². The standard InChI is InChI=1S/C4H6BNO2/c1-4(2-3-6)5(7)8/h7-8H,1-2H2. The maximum absolute atomic E-state index is 8.26. The molecule has 0 aromatic rings. The number of nitrogens with zero attached hydrogens (tertiary/aromatic N) is 1. The zero-order valence-electron chi connectivity index (χ0n) is 4.33. The van der Waals surface area contributed by atoms with Gasteiger partial charge in [0.15, 0.2) is 0 Å². The maximum atomic E-state index is 8.26. The summed E-state index contributed by atoms with van der Waals surface area (Å²) in [6, 6.07) is 1.73. The number of nitriles is 1. The number of rotatable bonds is 2. The molecule has 3 nitrogen and oxygen atoms in total. The van der Waals surface area contributed by atoms with Crippen molar-refractivity contribution in [2.75, 3.05) is 0 Å². The van der Waals surface area contributed by atoms with E-state index in [0.29, 0.717) is 0 Å². The molecule has 0 saturated carbocycles. The predicted molar refractivity (Wildman–Crippen MR) is 29.6 cm³/mol. The molecule has 0 spiro atoms. The molecule has 0 bridgehead atoms. The van der Waals surface area contributed by atoms with Crippen molar-refractivity contribution in [1.29, 1.82) is 5.26 Å². The van der Waals surface area contributed by atoms with Crippen LogP contribution in [0.2, 0.25) is 0 Å². The van der Waals surface area contributed by atoms with Crippen LogP contribution in [-0.2, 0) is 0 Å². The maximum Gasteiger partial charge on any atom is 0.484 e. The van der Waals surface area contributed by atoms with Crippen molar-refractivity contribution in [1.82, 2.24) is 0 Å². The van der Waals surface area contributed by atoms with Gasteiger partial charge in [0.05, 0.1) is 12.5 Å². The molecule has 0 radical (unpaired) electrons. The Morgan fingerprint density at radius 2 is 2.25 bits per heavy atom. The first-order valence-corrected chi connectivity index (χ1v) is 2.09. The molecule has 0 fully saturated rings. The Bertz CT molecular complexity index is 126. The summed E-state index contributed by atoms with van der Waals surface area (Å²) in [4.78, 5) is 0. The molecular weight excluding hydrogens is 105 g/mol. The number of allylic oxidation sites excluding steroid dienone is 1. The zero-order chi connectivity index (χ0) is 6.57. The summed E-state index contributed by atoms with van der Waals surface area (Å²) in [6.07, 6.45) is -0.00231. The Hall–Kier alpha value is -0.785. The highest BCUT2D eigenvalue weighted by Gasteiger charge is 2.09. The molecule has 0 atom stereocenters. The Kier molecular flexibility index (Phi) is 2.93. The van der Waals surface area contributed by atoms with Gasteiger partial charge in [-0.2, -0.15) is 5.26 Å². The smallest absolute Gasteiger partial charge is 0.423 e. The van der Waals surface area contributed by atoms with Crippen LogP contribution in [0.5, 0.6) is 0 Å². The highest BCUT2D eigenvalue weighted by atomic mass is 16.4. The Labute approximate surface area is 48.0 Å². The monoisotopic (exact) mass is 111 g/mol. The molecule has 0 unspecified atom stereocenters. The average Bonchev–Trinajstić information content (AvgIpc) is 1.67. The third kappa shape index (κ3) is 2.40. The van der Waals surface area contributed by atoms with Crippen LogP contribution in [0.4, 0.5) is 0 Å². The van der Waals surface area contributed by atoms with Crippen LogP contribution >= 0.6 is 0 Å². The second-order valence-corrected chi connectivity index (χ2v) is 1.37. The second-order valence-electron chi connectivity index (χ2n) is 1.37. The summed E-state index contributed by atoms with van der Waals surface area (Å²) >= 11 is 0. The highest BCUT2D eigenvalue weighted by molar-refractivity contribution is 6.50. The molecule has 0 aromatic heterocycles. The third-order valence-electron chi connectivity index (χ3n) is 0.671. The lowest BCUT2D eigenvalue weighted by Gasteiger charge is -1.93. The molecule has 2 N–H and O–H groups in total. The Balaban J connectivity index is 3.53. The normalized spacial score (nSPS) is 7.62. The SMILES string of the molecule is C=C(CC#N)B(O)O. The summed E-state index contributed by atoms with van der Waals surface area (Å²) in [5, 5.41) is 24.5. The van der Waals surface area contributed by atoms with Crippen LogP contribution in [0, 0.1) is 11.3 Å². The molecule has 0 aromatic carbocycles. The van der Waals surface area contributed by atoms with Crippen LogP contribution in [0.3, 0.4) is 0 Å². The lowest BCUT2D eigenvalue weighted by atomic mass is 9.79. The summed E-state index contributed by atoms with van der Waals surface area (Å²) in [5.41, 5.74) is 0.132. The van der Waals surface area contributed by atoms with E-state index in [1.54, 1.807) is 6.07 Å². The van der Waals surface area contributed by atoms with Gasteiger partial charge in [-0.25, -0.2) is 0 Å². The number of hydrogen-bond donors (Lipinski definition) is 2. The molecule has 0 saturated heterocycles. The minimum Gasteiger partial charge on any atom is -0.423 e. The van der Waals surface area contributed by atoms with Gasteiger partial charge in [-0.3, -0.25) is 0 Å². The largest absolute Gasteiger partial charge is 0.484 e. The van der Waals surface area contributed by atoms with E-state index in [1.165, 1.54) is 0 Å². The van der Waals surface area contributed by atoms with Crippen molar-refractivity contribution < 1.29 is 10.0 Å². The van der Waals surface area contributed by atoms with Crippen LogP contribution in [-0.4, -0.2) is 17.2 Å². The summed E-state index contributed by atoms with van der Waals surface area (Å²) < 4.78 is 0. The van der Waals surface area contributed by atoms with Gasteiger partial charge in [-0.1, -0.05) is 0 Å². The topological polar surface area (TPSA) is 64.2 Å². The van der Waals surface area contributed by atoms with E-state index in [0.717, 1.165) is 0 Å². The molecule has 0 aliphatic heterocycles. The minimum atomic E-state index is -1.55. The first-order chi connectivity index (χ1) is 3.68. The molecule has 4 heteroatoms. The first kappa shape index (κ1) is 7.21. The van der Waals surface area contributed by atoms with E-state index < -0.39 is 7.12 Å². The van der Waals surface area contributed by atoms with E-state index in [2.05, 4.69) is 6.58 Å². The summed E-state index contributed by atoms with van der Waals surface area (Å²) in [7, 11) is -1.55.